The largest absolute Gasteiger partial charge is 0.381 e. The summed E-state index contributed by atoms with van der Waals surface area (Å²) in [5.74, 6) is 0.714. The van der Waals surface area contributed by atoms with E-state index >= 15 is 0 Å². The van der Waals surface area contributed by atoms with Crippen LogP contribution in [0.1, 0.15) is 12.8 Å². The summed E-state index contributed by atoms with van der Waals surface area (Å²) in [6.45, 7) is 1.35. The molecule has 1 aromatic carbocycles. The number of rotatable bonds is 5. The molecule has 0 radical (unpaired) electrons. The molecule has 2 heterocycles. The van der Waals surface area contributed by atoms with Crippen LogP contribution >= 0.6 is 0 Å². The molecule has 126 valence electrons. The van der Waals surface area contributed by atoms with Gasteiger partial charge in [-0.05, 0) is 43.0 Å². The van der Waals surface area contributed by atoms with Gasteiger partial charge >= 0.3 is 0 Å². The third kappa shape index (κ3) is 4.31. The predicted octanol–water partition coefficient (Wildman–Crippen LogP) is 2.52. The number of nitrogens with zero attached hydrogens (tertiary/aromatic N) is 1. The molecule has 1 saturated heterocycles. The topological polar surface area (TPSA) is 89.3 Å². The van der Waals surface area contributed by atoms with Gasteiger partial charge in [0.25, 0.3) is 0 Å². The average Bonchev–Trinajstić information content (AvgIpc) is 2.64. The van der Waals surface area contributed by atoms with Crippen molar-refractivity contribution in [2.75, 3.05) is 23.8 Å². The van der Waals surface area contributed by atoms with Gasteiger partial charge in [-0.15, -0.1) is 0 Å². The molecule has 1 aliphatic rings. The van der Waals surface area contributed by atoms with Crippen molar-refractivity contribution in [2.24, 2.45) is 11.7 Å². The Morgan fingerprint density at radius 1 is 1.12 bits per heavy atom. The number of nitrogens with two attached hydrogens (primary N) is 1. The van der Waals surface area contributed by atoms with Crippen LogP contribution in [0.3, 0.4) is 0 Å². The molecule has 4 N–H and O–H groups in total. The highest BCUT2D eigenvalue weighted by Gasteiger charge is 2.26. The van der Waals surface area contributed by atoms with Crippen molar-refractivity contribution in [3.8, 4) is 0 Å². The van der Waals surface area contributed by atoms with Crippen LogP contribution in [0, 0.1) is 5.92 Å². The Kier molecular flexibility index (Phi) is 5.40. The van der Waals surface area contributed by atoms with Crippen molar-refractivity contribution in [1.82, 2.24) is 4.98 Å². The first kappa shape index (κ1) is 16.4. The summed E-state index contributed by atoms with van der Waals surface area (Å²) in [5, 5.41) is 6.03. The molecule has 6 nitrogen and oxygen atoms in total. The van der Waals surface area contributed by atoms with Crippen LogP contribution in [0.2, 0.25) is 0 Å². The van der Waals surface area contributed by atoms with Crippen LogP contribution in [-0.4, -0.2) is 30.1 Å². The van der Waals surface area contributed by atoms with Crippen molar-refractivity contribution in [3.63, 3.8) is 0 Å². The minimum absolute atomic E-state index is 0.172. The SMILES string of the molecule is NC(C(=O)Nc1ccc(Nc2ccccc2)nc1)C1CCOCC1. The van der Waals surface area contributed by atoms with Crippen LogP contribution in [0.4, 0.5) is 17.2 Å². The molecule has 0 saturated carbocycles. The summed E-state index contributed by atoms with van der Waals surface area (Å²) in [6, 6.07) is 12.9. The Morgan fingerprint density at radius 3 is 2.54 bits per heavy atom. The van der Waals surface area contributed by atoms with Gasteiger partial charge in [-0.2, -0.15) is 0 Å². The minimum atomic E-state index is -0.518. The van der Waals surface area contributed by atoms with Gasteiger partial charge in [0, 0.05) is 18.9 Å². The Bertz CT molecular complexity index is 654. The fourth-order valence-corrected chi connectivity index (χ4v) is 2.73. The van der Waals surface area contributed by atoms with E-state index in [1.54, 1.807) is 6.20 Å². The second kappa shape index (κ2) is 7.90. The number of pyridine rings is 1. The average molecular weight is 326 g/mol. The Hall–Kier alpha value is -2.44. The summed E-state index contributed by atoms with van der Waals surface area (Å²) in [6.07, 6.45) is 3.28. The van der Waals surface area contributed by atoms with Crippen molar-refractivity contribution in [2.45, 2.75) is 18.9 Å². The van der Waals surface area contributed by atoms with Crippen molar-refractivity contribution < 1.29 is 9.53 Å². The van der Waals surface area contributed by atoms with E-state index in [2.05, 4.69) is 15.6 Å². The lowest BCUT2D eigenvalue weighted by Crippen LogP contribution is -2.44. The molecule has 24 heavy (non-hydrogen) atoms. The van der Waals surface area contributed by atoms with E-state index in [0.717, 1.165) is 18.5 Å². The molecule has 2 aromatic rings. The first-order valence-electron chi connectivity index (χ1n) is 8.15. The van der Waals surface area contributed by atoms with E-state index < -0.39 is 6.04 Å². The summed E-state index contributed by atoms with van der Waals surface area (Å²) < 4.78 is 5.31. The predicted molar refractivity (Wildman–Crippen MR) is 94.1 cm³/mol. The maximum Gasteiger partial charge on any atom is 0.241 e. The second-order valence-corrected chi connectivity index (χ2v) is 5.89. The van der Waals surface area contributed by atoms with Crippen molar-refractivity contribution in [3.05, 3.63) is 48.7 Å². The van der Waals surface area contributed by atoms with Gasteiger partial charge < -0.3 is 21.1 Å². The van der Waals surface area contributed by atoms with Gasteiger partial charge in [0.2, 0.25) is 5.91 Å². The van der Waals surface area contributed by atoms with Gasteiger partial charge in [0.15, 0.2) is 0 Å². The number of hydrogen-bond donors (Lipinski definition) is 3. The second-order valence-electron chi connectivity index (χ2n) is 5.89. The monoisotopic (exact) mass is 326 g/mol. The molecule has 1 aromatic heterocycles. The van der Waals surface area contributed by atoms with Crippen LogP contribution in [0.15, 0.2) is 48.7 Å². The van der Waals surface area contributed by atoms with E-state index in [-0.39, 0.29) is 11.8 Å². The van der Waals surface area contributed by atoms with E-state index in [9.17, 15) is 4.79 Å². The summed E-state index contributed by atoms with van der Waals surface area (Å²) >= 11 is 0. The molecule has 1 unspecified atom stereocenters. The molecular formula is C18H22N4O2. The zero-order valence-electron chi connectivity index (χ0n) is 13.4. The highest BCUT2D eigenvalue weighted by Crippen LogP contribution is 2.19. The summed E-state index contributed by atoms with van der Waals surface area (Å²) in [5.41, 5.74) is 7.67. The molecule has 6 heteroatoms. The number of ether oxygens (including phenoxy) is 1. The zero-order valence-corrected chi connectivity index (χ0v) is 13.4. The van der Waals surface area contributed by atoms with Crippen molar-refractivity contribution >= 4 is 23.1 Å². The first-order chi connectivity index (χ1) is 11.7. The molecule has 0 bridgehead atoms. The summed E-state index contributed by atoms with van der Waals surface area (Å²) in [7, 11) is 0. The van der Waals surface area contributed by atoms with E-state index in [4.69, 9.17) is 10.5 Å². The smallest absolute Gasteiger partial charge is 0.241 e. The molecule has 1 amide bonds. The first-order valence-corrected chi connectivity index (χ1v) is 8.15. The number of nitrogens with one attached hydrogen (secondary N) is 2. The highest BCUT2D eigenvalue weighted by atomic mass is 16.5. The molecule has 0 spiro atoms. The Morgan fingerprint density at radius 2 is 1.88 bits per heavy atom. The number of carbonyl (C=O) groups excluding carboxylic acids is 1. The standard InChI is InChI=1S/C18H22N4O2/c19-17(13-8-10-24-11-9-13)18(23)22-15-6-7-16(20-12-15)21-14-4-2-1-3-5-14/h1-7,12-13,17H,8-11,19H2,(H,20,21)(H,22,23). The van der Waals surface area contributed by atoms with Gasteiger partial charge in [-0.3, -0.25) is 4.79 Å². The lowest BCUT2D eigenvalue weighted by atomic mass is 9.92. The van der Waals surface area contributed by atoms with Gasteiger partial charge in [0.1, 0.15) is 5.82 Å². The number of carbonyl (C=O) groups is 1. The van der Waals surface area contributed by atoms with Crippen LogP contribution in [0.25, 0.3) is 0 Å². The molecule has 1 aliphatic heterocycles. The Balaban J connectivity index is 1.56. The number of aromatic nitrogens is 1. The number of anilines is 3. The fraction of sp³-hybridized carbons (Fsp3) is 0.333. The molecule has 1 atom stereocenters. The maximum atomic E-state index is 12.3. The minimum Gasteiger partial charge on any atom is -0.381 e. The quantitative estimate of drug-likeness (QED) is 0.785. The molecule has 0 aliphatic carbocycles. The van der Waals surface area contributed by atoms with Crippen molar-refractivity contribution in [1.29, 1.82) is 0 Å². The highest BCUT2D eigenvalue weighted by molar-refractivity contribution is 5.94. The normalized spacial score (nSPS) is 16.4. The van der Waals surface area contributed by atoms with Gasteiger partial charge in [-0.1, -0.05) is 18.2 Å². The van der Waals surface area contributed by atoms with Crippen LogP contribution < -0.4 is 16.4 Å². The fourth-order valence-electron chi connectivity index (χ4n) is 2.73. The van der Waals surface area contributed by atoms with E-state index in [0.29, 0.717) is 24.7 Å². The van der Waals surface area contributed by atoms with Crippen LogP contribution in [-0.2, 0) is 9.53 Å². The zero-order chi connectivity index (χ0) is 16.8. The van der Waals surface area contributed by atoms with Gasteiger partial charge in [0.05, 0.1) is 17.9 Å². The number of amides is 1. The Labute approximate surface area is 141 Å². The van der Waals surface area contributed by atoms with Gasteiger partial charge in [-0.25, -0.2) is 4.98 Å². The summed E-state index contributed by atoms with van der Waals surface area (Å²) in [4.78, 5) is 16.6. The lowest BCUT2D eigenvalue weighted by Gasteiger charge is -2.26. The number of para-hydroxylation sites is 1. The lowest BCUT2D eigenvalue weighted by molar-refractivity contribution is -0.119. The number of hydrogen-bond acceptors (Lipinski definition) is 5. The third-order valence-corrected chi connectivity index (χ3v) is 4.15. The molecule has 3 rings (SSSR count). The third-order valence-electron chi connectivity index (χ3n) is 4.15. The molecular weight excluding hydrogens is 304 g/mol. The number of benzene rings is 1. The molecule has 1 fully saturated rings. The maximum absolute atomic E-state index is 12.3. The van der Waals surface area contributed by atoms with Crippen LogP contribution in [0.5, 0.6) is 0 Å². The van der Waals surface area contributed by atoms with E-state index in [1.165, 1.54) is 0 Å². The van der Waals surface area contributed by atoms with E-state index in [1.807, 2.05) is 42.5 Å².